The van der Waals surface area contributed by atoms with Crippen molar-refractivity contribution in [2.75, 3.05) is 7.05 Å². The van der Waals surface area contributed by atoms with Gasteiger partial charge in [-0.3, -0.25) is 0 Å². The van der Waals surface area contributed by atoms with Gasteiger partial charge >= 0.3 is 0 Å². The second kappa shape index (κ2) is 5.81. The lowest BCUT2D eigenvalue weighted by Crippen LogP contribution is -2.36. The van der Waals surface area contributed by atoms with Crippen LogP contribution in [0.25, 0.3) is 0 Å². The first-order chi connectivity index (χ1) is 9.28. The first kappa shape index (κ1) is 16.0. The fraction of sp³-hybridized carbons (Fsp3) is 0.538. The fourth-order valence-corrected chi connectivity index (χ4v) is 4.49. The second-order valence-electron chi connectivity index (χ2n) is 5.13. The zero-order chi connectivity index (χ0) is 15.1. The van der Waals surface area contributed by atoms with Crippen molar-refractivity contribution in [2.45, 2.75) is 37.3 Å². The summed E-state index contributed by atoms with van der Waals surface area (Å²) in [5, 5.41) is 9.50. The summed E-state index contributed by atoms with van der Waals surface area (Å²) in [4.78, 5) is -0.0503. The Balaban J connectivity index is 2.45. The van der Waals surface area contributed by atoms with Crippen molar-refractivity contribution in [3.63, 3.8) is 0 Å². The van der Waals surface area contributed by atoms with Gasteiger partial charge < -0.3 is 5.11 Å². The minimum absolute atomic E-state index is 0.0340. The quantitative estimate of drug-likeness (QED) is 0.898. The Hall–Kier alpha value is -0.330. The highest BCUT2D eigenvalue weighted by molar-refractivity contribution is 7.89. The van der Waals surface area contributed by atoms with Gasteiger partial charge in [0.05, 0.1) is 11.6 Å². The van der Waals surface area contributed by atoms with E-state index in [1.165, 1.54) is 16.4 Å². The van der Waals surface area contributed by atoms with E-state index in [4.69, 9.17) is 23.2 Å². The molecule has 2 rings (SSSR count). The molecular weight excluding hydrogens is 321 g/mol. The molecule has 4 nitrogen and oxygen atoms in total. The third-order valence-corrected chi connectivity index (χ3v) is 6.53. The lowest BCUT2D eigenvalue weighted by Gasteiger charge is -2.25. The Bertz CT molecular complexity index is 614. The summed E-state index contributed by atoms with van der Waals surface area (Å²) >= 11 is 12.0. The summed E-state index contributed by atoms with van der Waals surface area (Å²) in [5.41, 5.74) is 0.310. The van der Waals surface area contributed by atoms with Crippen molar-refractivity contribution in [2.24, 2.45) is 5.92 Å². The molecule has 1 aromatic carbocycles. The van der Waals surface area contributed by atoms with E-state index in [-0.39, 0.29) is 27.6 Å². The zero-order valence-corrected chi connectivity index (χ0v) is 13.6. The minimum atomic E-state index is -3.72. The second-order valence-corrected chi connectivity index (χ2v) is 7.91. The smallest absolute Gasteiger partial charge is 0.244 e. The lowest BCUT2D eigenvalue weighted by molar-refractivity contribution is 0.281. The van der Waals surface area contributed by atoms with Gasteiger partial charge in [-0.1, -0.05) is 23.2 Å². The van der Waals surface area contributed by atoms with E-state index in [9.17, 15) is 13.5 Å². The third-order valence-electron chi connectivity index (χ3n) is 3.78. The molecule has 0 heterocycles. The van der Waals surface area contributed by atoms with Crippen LogP contribution in [-0.2, 0) is 16.6 Å². The normalized spacial score (nSPS) is 17.5. The molecule has 20 heavy (non-hydrogen) atoms. The molecule has 0 aromatic heterocycles. The fourth-order valence-electron chi connectivity index (χ4n) is 2.17. The highest BCUT2D eigenvalue weighted by atomic mass is 35.5. The number of nitrogens with zero attached hydrogens (tertiary/aromatic N) is 1. The van der Waals surface area contributed by atoms with Gasteiger partial charge in [0.2, 0.25) is 10.0 Å². The maximum Gasteiger partial charge on any atom is 0.244 e. The van der Waals surface area contributed by atoms with Crippen LogP contribution in [0.5, 0.6) is 0 Å². The van der Waals surface area contributed by atoms with Gasteiger partial charge in [-0.15, -0.1) is 0 Å². The van der Waals surface area contributed by atoms with Crippen molar-refractivity contribution >= 4 is 33.2 Å². The van der Waals surface area contributed by atoms with Gasteiger partial charge in [0.1, 0.15) is 4.90 Å². The molecule has 0 amide bonds. The van der Waals surface area contributed by atoms with Gasteiger partial charge in [-0.25, -0.2) is 8.42 Å². The Morgan fingerprint density at radius 1 is 1.40 bits per heavy atom. The predicted octanol–water partition coefficient (Wildman–Crippen LogP) is 2.90. The molecule has 1 aliphatic rings. The molecular formula is C13H17Cl2NO3S. The van der Waals surface area contributed by atoms with Gasteiger partial charge in [0.15, 0.2) is 0 Å². The number of aliphatic hydroxyl groups excluding tert-OH is 1. The lowest BCUT2D eigenvalue weighted by atomic mass is 10.2. The SMILES string of the molecule is CC(C1CC1)N(C)S(=O)(=O)c1cc(Cl)cc(CO)c1Cl. The van der Waals surface area contributed by atoms with Crippen molar-refractivity contribution in [3.8, 4) is 0 Å². The van der Waals surface area contributed by atoms with E-state index in [2.05, 4.69) is 0 Å². The first-order valence-electron chi connectivity index (χ1n) is 6.36. The molecule has 1 unspecified atom stereocenters. The van der Waals surface area contributed by atoms with Crippen molar-refractivity contribution < 1.29 is 13.5 Å². The summed E-state index contributed by atoms with van der Waals surface area (Å²) in [6.45, 7) is 1.53. The minimum Gasteiger partial charge on any atom is -0.392 e. The van der Waals surface area contributed by atoms with Crippen molar-refractivity contribution in [3.05, 3.63) is 27.7 Å². The maximum atomic E-state index is 12.6. The van der Waals surface area contributed by atoms with E-state index in [0.29, 0.717) is 11.5 Å². The molecule has 1 N–H and O–H groups in total. The molecule has 1 aromatic rings. The molecule has 7 heteroatoms. The van der Waals surface area contributed by atoms with Crippen LogP contribution < -0.4 is 0 Å². The number of benzene rings is 1. The van der Waals surface area contributed by atoms with Crippen LogP contribution >= 0.6 is 23.2 Å². The molecule has 1 saturated carbocycles. The topological polar surface area (TPSA) is 57.6 Å². The van der Waals surface area contributed by atoms with Crippen LogP contribution in [0.2, 0.25) is 10.0 Å². The molecule has 0 radical (unpaired) electrons. The molecule has 0 spiro atoms. The monoisotopic (exact) mass is 337 g/mol. The van der Waals surface area contributed by atoms with E-state index >= 15 is 0 Å². The van der Waals surface area contributed by atoms with Crippen molar-refractivity contribution in [1.29, 1.82) is 0 Å². The van der Waals surface area contributed by atoms with Gasteiger partial charge in [-0.05, 0) is 43.4 Å². The van der Waals surface area contributed by atoms with E-state index < -0.39 is 10.0 Å². The molecule has 1 aliphatic carbocycles. The molecule has 0 bridgehead atoms. The van der Waals surface area contributed by atoms with Gasteiger partial charge in [0, 0.05) is 18.1 Å². The third kappa shape index (κ3) is 2.97. The highest BCUT2D eigenvalue weighted by Crippen LogP contribution is 2.38. The number of sulfonamides is 1. The summed E-state index contributed by atoms with van der Waals surface area (Å²) in [6, 6.07) is 2.72. The first-order valence-corrected chi connectivity index (χ1v) is 8.55. The van der Waals surface area contributed by atoms with Gasteiger partial charge in [0.25, 0.3) is 0 Å². The standard InChI is InChI=1S/C13H17Cl2NO3S/c1-8(9-3-4-9)16(2)20(18,19)12-6-11(14)5-10(7-17)13(12)15/h5-6,8-9,17H,3-4,7H2,1-2H3. The maximum absolute atomic E-state index is 12.6. The van der Waals surface area contributed by atoms with E-state index in [1.807, 2.05) is 6.92 Å². The molecule has 0 aliphatic heterocycles. The summed E-state index contributed by atoms with van der Waals surface area (Å²) in [5.74, 6) is 0.407. The largest absolute Gasteiger partial charge is 0.392 e. The average Bonchev–Trinajstić information content (AvgIpc) is 3.23. The Morgan fingerprint density at radius 2 is 2.00 bits per heavy atom. The Kier molecular flexibility index (Phi) is 4.66. The van der Waals surface area contributed by atoms with Crippen LogP contribution in [0.15, 0.2) is 17.0 Å². The van der Waals surface area contributed by atoms with Crippen LogP contribution in [0.1, 0.15) is 25.3 Å². The number of aliphatic hydroxyl groups is 1. The molecule has 112 valence electrons. The highest BCUT2D eigenvalue weighted by Gasteiger charge is 2.37. The number of halogens is 2. The molecule has 1 atom stereocenters. The van der Waals surface area contributed by atoms with E-state index in [0.717, 1.165) is 12.8 Å². The van der Waals surface area contributed by atoms with Gasteiger partial charge in [-0.2, -0.15) is 4.31 Å². The Labute approximate surface area is 129 Å². The van der Waals surface area contributed by atoms with Crippen molar-refractivity contribution in [1.82, 2.24) is 4.31 Å². The summed E-state index contributed by atoms with van der Waals surface area (Å²) < 4.78 is 26.6. The summed E-state index contributed by atoms with van der Waals surface area (Å²) in [6.07, 6.45) is 2.10. The summed E-state index contributed by atoms with van der Waals surface area (Å²) in [7, 11) is -2.17. The molecule has 0 saturated heterocycles. The van der Waals surface area contributed by atoms with Crippen LogP contribution in [0, 0.1) is 5.92 Å². The van der Waals surface area contributed by atoms with Crippen LogP contribution in [-0.4, -0.2) is 30.9 Å². The number of hydrogen-bond acceptors (Lipinski definition) is 3. The van der Waals surface area contributed by atoms with Crippen LogP contribution in [0.3, 0.4) is 0 Å². The van der Waals surface area contributed by atoms with E-state index in [1.54, 1.807) is 7.05 Å². The van der Waals surface area contributed by atoms with Crippen LogP contribution in [0.4, 0.5) is 0 Å². The molecule has 1 fully saturated rings. The number of hydrogen-bond donors (Lipinski definition) is 1. The zero-order valence-electron chi connectivity index (χ0n) is 11.3. The Morgan fingerprint density at radius 3 is 2.50 bits per heavy atom. The predicted molar refractivity (Wildman–Crippen MR) is 79.5 cm³/mol. The number of rotatable bonds is 5. The average molecular weight is 338 g/mol.